The molecular weight excluding hydrogens is 296 g/mol. The molecule has 1 amide bonds. The molecule has 0 unspecified atom stereocenters. The monoisotopic (exact) mass is 320 g/mol. The van der Waals surface area contributed by atoms with Crippen LogP contribution in [0.1, 0.15) is 25.0 Å². The van der Waals surface area contributed by atoms with E-state index in [0.29, 0.717) is 19.2 Å². The number of likely N-dealkylation sites (tertiary alicyclic amines) is 1. The molecule has 126 valence electrons. The molecule has 3 fully saturated rings. The number of aromatic nitrogens is 2. The van der Waals surface area contributed by atoms with Gasteiger partial charge in [-0.3, -0.25) is 19.2 Å². The van der Waals surface area contributed by atoms with Crippen molar-refractivity contribution in [1.29, 1.82) is 0 Å². The van der Waals surface area contributed by atoms with E-state index in [1.807, 2.05) is 24.0 Å². The van der Waals surface area contributed by atoms with Gasteiger partial charge in [0.1, 0.15) is 0 Å². The number of aryl methyl sites for hydroxylation is 1. The average molecular weight is 320 g/mol. The van der Waals surface area contributed by atoms with E-state index in [1.165, 1.54) is 0 Å². The summed E-state index contributed by atoms with van der Waals surface area (Å²) in [5.41, 5.74) is 1.16. The van der Waals surface area contributed by atoms with E-state index in [0.717, 1.165) is 44.7 Å². The molecule has 0 radical (unpaired) electrons. The highest BCUT2D eigenvalue weighted by molar-refractivity contribution is 5.79. The highest BCUT2D eigenvalue weighted by Crippen LogP contribution is 2.35. The Morgan fingerprint density at radius 2 is 2.30 bits per heavy atom. The van der Waals surface area contributed by atoms with Crippen molar-refractivity contribution >= 4 is 5.91 Å². The minimum atomic E-state index is -0.117. The maximum absolute atomic E-state index is 12.8. The number of carbonyl (C=O) groups is 1. The summed E-state index contributed by atoms with van der Waals surface area (Å²) in [6, 6.07) is 2.36. The van der Waals surface area contributed by atoms with Gasteiger partial charge in [-0.15, -0.1) is 0 Å². The van der Waals surface area contributed by atoms with Crippen molar-refractivity contribution in [3.63, 3.8) is 0 Å². The van der Waals surface area contributed by atoms with Crippen LogP contribution in [0.5, 0.6) is 0 Å². The van der Waals surface area contributed by atoms with Crippen molar-refractivity contribution in [3.05, 3.63) is 18.0 Å². The van der Waals surface area contributed by atoms with Gasteiger partial charge in [-0.2, -0.15) is 5.10 Å². The number of rotatable bonds is 3. The summed E-state index contributed by atoms with van der Waals surface area (Å²) in [6.07, 6.45) is 4.86. The van der Waals surface area contributed by atoms with Gasteiger partial charge in [0, 0.05) is 45.5 Å². The van der Waals surface area contributed by atoms with E-state index in [1.54, 1.807) is 5.06 Å². The minimum absolute atomic E-state index is 0.00116. The first-order valence-corrected chi connectivity index (χ1v) is 8.51. The van der Waals surface area contributed by atoms with Crippen LogP contribution in [0, 0.1) is 5.92 Å². The molecule has 0 N–H and O–H groups in total. The van der Waals surface area contributed by atoms with Crippen LogP contribution in [0.25, 0.3) is 0 Å². The van der Waals surface area contributed by atoms with E-state index >= 15 is 0 Å². The molecule has 23 heavy (non-hydrogen) atoms. The summed E-state index contributed by atoms with van der Waals surface area (Å²) < 4.78 is 7.81. The summed E-state index contributed by atoms with van der Waals surface area (Å²) in [4.78, 5) is 20.8. The van der Waals surface area contributed by atoms with E-state index < -0.39 is 0 Å². The molecule has 0 aromatic carbocycles. The fourth-order valence-electron chi connectivity index (χ4n) is 3.99. The molecule has 4 rings (SSSR count). The van der Waals surface area contributed by atoms with E-state index in [9.17, 15) is 4.79 Å². The number of ether oxygens (including phenoxy) is 1. The first-order chi connectivity index (χ1) is 11.2. The zero-order valence-corrected chi connectivity index (χ0v) is 13.6. The molecule has 3 saturated heterocycles. The molecule has 7 heteroatoms. The summed E-state index contributed by atoms with van der Waals surface area (Å²) in [7, 11) is 1.96. The second-order valence-corrected chi connectivity index (χ2v) is 6.65. The topological polar surface area (TPSA) is 59.8 Å². The molecular formula is C16H24N4O3. The normalized spacial score (nSPS) is 31.5. The van der Waals surface area contributed by atoms with Gasteiger partial charge in [0.25, 0.3) is 5.91 Å². The van der Waals surface area contributed by atoms with Gasteiger partial charge in [0.15, 0.2) is 0 Å². The number of amides is 1. The standard InChI is InChI=1S/C16H24N4O3/c1-18-12(4-6-17-18)10-19-11-13(15-14(19)5-9-22-15)16(21)20-7-2-3-8-23-20/h4,6,13-15H,2-3,5,7-11H2,1H3/t13-,14+,15+/m0/s1. The molecule has 1 aromatic heterocycles. The van der Waals surface area contributed by atoms with Gasteiger partial charge in [-0.05, 0) is 25.3 Å². The zero-order valence-electron chi connectivity index (χ0n) is 13.6. The van der Waals surface area contributed by atoms with Crippen LogP contribution in [0.3, 0.4) is 0 Å². The van der Waals surface area contributed by atoms with Gasteiger partial charge in [0.2, 0.25) is 0 Å². The third kappa shape index (κ3) is 2.77. The molecule has 1 aromatic rings. The van der Waals surface area contributed by atoms with E-state index in [4.69, 9.17) is 9.57 Å². The van der Waals surface area contributed by atoms with Crippen LogP contribution >= 0.6 is 0 Å². The van der Waals surface area contributed by atoms with Crippen LogP contribution in [-0.2, 0) is 28.0 Å². The molecule has 0 bridgehead atoms. The number of fused-ring (bicyclic) bond motifs is 1. The Morgan fingerprint density at radius 1 is 1.39 bits per heavy atom. The number of nitrogens with zero attached hydrogens (tertiary/aromatic N) is 4. The van der Waals surface area contributed by atoms with Crippen molar-refractivity contribution in [2.75, 3.05) is 26.3 Å². The highest BCUT2D eigenvalue weighted by Gasteiger charge is 2.50. The summed E-state index contributed by atoms with van der Waals surface area (Å²) in [5.74, 6) is -0.0251. The molecule has 3 aliphatic rings. The lowest BCUT2D eigenvalue weighted by atomic mass is 10.0. The molecule has 3 atom stereocenters. The molecule has 3 aliphatic heterocycles. The first-order valence-electron chi connectivity index (χ1n) is 8.51. The Balaban J connectivity index is 1.48. The minimum Gasteiger partial charge on any atom is -0.376 e. The largest absolute Gasteiger partial charge is 0.376 e. The molecule has 0 aliphatic carbocycles. The summed E-state index contributed by atoms with van der Waals surface area (Å²) >= 11 is 0. The second-order valence-electron chi connectivity index (χ2n) is 6.65. The Morgan fingerprint density at radius 3 is 3.04 bits per heavy atom. The van der Waals surface area contributed by atoms with Gasteiger partial charge < -0.3 is 4.74 Å². The number of hydroxylamine groups is 2. The predicted molar refractivity (Wildman–Crippen MR) is 82.2 cm³/mol. The molecule has 0 saturated carbocycles. The van der Waals surface area contributed by atoms with E-state index in [-0.39, 0.29) is 17.9 Å². The maximum Gasteiger partial charge on any atom is 0.253 e. The Kier molecular flexibility index (Phi) is 4.09. The Labute approximate surface area is 136 Å². The highest BCUT2D eigenvalue weighted by atomic mass is 16.7. The summed E-state index contributed by atoms with van der Waals surface area (Å²) in [6.45, 7) is 3.63. The van der Waals surface area contributed by atoms with E-state index in [2.05, 4.69) is 10.00 Å². The first kappa shape index (κ1) is 15.1. The number of hydrogen-bond acceptors (Lipinski definition) is 5. The predicted octanol–water partition coefficient (Wildman–Crippen LogP) is 0.563. The second kappa shape index (κ2) is 6.22. The lowest BCUT2D eigenvalue weighted by Gasteiger charge is -2.29. The van der Waals surface area contributed by atoms with Gasteiger partial charge in [-0.25, -0.2) is 5.06 Å². The number of carbonyl (C=O) groups excluding carboxylic acids is 1. The lowest BCUT2D eigenvalue weighted by molar-refractivity contribution is -0.203. The fourth-order valence-corrected chi connectivity index (χ4v) is 3.99. The SMILES string of the molecule is Cn1nccc1CN1C[C@H](C(=O)N2CCCCO2)[C@H]2OCC[C@H]21. The van der Waals surface area contributed by atoms with Crippen molar-refractivity contribution in [3.8, 4) is 0 Å². The summed E-state index contributed by atoms with van der Waals surface area (Å²) in [5, 5.41) is 5.81. The smallest absolute Gasteiger partial charge is 0.253 e. The average Bonchev–Trinajstić information content (AvgIpc) is 3.27. The van der Waals surface area contributed by atoms with Gasteiger partial charge in [0.05, 0.1) is 24.3 Å². The fraction of sp³-hybridized carbons (Fsp3) is 0.750. The van der Waals surface area contributed by atoms with Crippen LogP contribution in [-0.4, -0.2) is 64.1 Å². The van der Waals surface area contributed by atoms with Crippen molar-refractivity contribution in [1.82, 2.24) is 19.7 Å². The Hall–Kier alpha value is -1.44. The third-order valence-electron chi connectivity index (χ3n) is 5.25. The van der Waals surface area contributed by atoms with Crippen LogP contribution in [0.4, 0.5) is 0 Å². The van der Waals surface area contributed by atoms with Gasteiger partial charge in [-0.1, -0.05) is 0 Å². The molecule has 0 spiro atoms. The van der Waals surface area contributed by atoms with Crippen LogP contribution in [0.15, 0.2) is 12.3 Å². The maximum atomic E-state index is 12.8. The molecule has 7 nitrogen and oxygen atoms in total. The Bertz CT molecular complexity index is 569. The molecule has 4 heterocycles. The quantitative estimate of drug-likeness (QED) is 0.815. The zero-order chi connectivity index (χ0) is 15.8. The van der Waals surface area contributed by atoms with Crippen LogP contribution in [0.2, 0.25) is 0 Å². The van der Waals surface area contributed by atoms with Crippen molar-refractivity contribution < 1.29 is 14.4 Å². The van der Waals surface area contributed by atoms with Crippen molar-refractivity contribution in [2.45, 2.75) is 38.0 Å². The van der Waals surface area contributed by atoms with Crippen LogP contribution < -0.4 is 0 Å². The van der Waals surface area contributed by atoms with Gasteiger partial charge >= 0.3 is 0 Å². The lowest BCUT2D eigenvalue weighted by Crippen LogP contribution is -2.43. The number of hydrogen-bond donors (Lipinski definition) is 0. The van der Waals surface area contributed by atoms with Crippen molar-refractivity contribution in [2.24, 2.45) is 13.0 Å². The third-order valence-corrected chi connectivity index (χ3v) is 5.25.